The van der Waals surface area contributed by atoms with Gasteiger partial charge >= 0.3 is 6.09 Å². The van der Waals surface area contributed by atoms with Gasteiger partial charge in [-0.1, -0.05) is 6.07 Å². The van der Waals surface area contributed by atoms with Crippen molar-refractivity contribution in [3.05, 3.63) is 52.7 Å². The maximum atomic E-state index is 14.6. The fourth-order valence-corrected chi connectivity index (χ4v) is 4.97. The molecule has 152 valence electrons. The van der Waals surface area contributed by atoms with E-state index in [1.165, 1.54) is 6.07 Å². The molecule has 29 heavy (non-hydrogen) atoms. The molecule has 7 nitrogen and oxygen atoms in total. The molecular weight excluding hydrogens is 377 g/mol. The number of nitrogens with zero attached hydrogens (tertiary/aromatic N) is 2. The van der Waals surface area contributed by atoms with E-state index in [9.17, 15) is 14.0 Å². The lowest BCUT2D eigenvalue weighted by molar-refractivity contribution is -0.164. The van der Waals surface area contributed by atoms with Gasteiger partial charge in [0.2, 0.25) is 0 Å². The van der Waals surface area contributed by atoms with Crippen LogP contribution in [0.5, 0.6) is 0 Å². The van der Waals surface area contributed by atoms with Crippen LogP contribution in [0, 0.1) is 5.82 Å². The molecule has 3 aliphatic rings. The van der Waals surface area contributed by atoms with Crippen LogP contribution in [0.1, 0.15) is 32.1 Å². The summed E-state index contributed by atoms with van der Waals surface area (Å²) in [6, 6.07) is 8.22. The number of aryl methyl sites for hydroxylation is 1. The second-order valence-corrected chi connectivity index (χ2v) is 8.26. The third-order valence-corrected chi connectivity index (χ3v) is 6.65. The number of carbonyl (C=O) groups is 1. The fourth-order valence-electron chi connectivity index (χ4n) is 4.97. The van der Waals surface area contributed by atoms with Crippen LogP contribution in [0.25, 0.3) is 16.6 Å². The highest BCUT2D eigenvalue weighted by Crippen LogP contribution is 2.45. The minimum Gasteiger partial charge on any atom is -0.465 e. The average Bonchev–Trinajstić information content (AvgIpc) is 3.19. The Morgan fingerprint density at radius 2 is 1.93 bits per heavy atom. The Morgan fingerprint density at radius 1 is 1.17 bits per heavy atom. The fraction of sp³-hybridized carbons (Fsp3) is 0.429. The van der Waals surface area contributed by atoms with Gasteiger partial charge in [-0.15, -0.1) is 0 Å². The highest BCUT2D eigenvalue weighted by molar-refractivity contribution is 5.79. The van der Waals surface area contributed by atoms with Crippen molar-refractivity contribution in [2.45, 2.75) is 49.8 Å². The summed E-state index contributed by atoms with van der Waals surface area (Å²) in [5.74, 6) is -0.369. The first-order valence-electron chi connectivity index (χ1n) is 9.85. The summed E-state index contributed by atoms with van der Waals surface area (Å²) in [7, 11) is 0. The number of amides is 1. The summed E-state index contributed by atoms with van der Waals surface area (Å²) in [6.07, 6.45) is 4.22. The minimum atomic E-state index is -1.02. The Morgan fingerprint density at radius 3 is 2.62 bits per heavy atom. The molecule has 2 bridgehead atoms. The van der Waals surface area contributed by atoms with E-state index in [1.54, 1.807) is 39.4 Å². The zero-order valence-electron chi connectivity index (χ0n) is 15.9. The molecule has 2 aliphatic heterocycles. The van der Waals surface area contributed by atoms with Crippen molar-refractivity contribution in [2.75, 3.05) is 6.61 Å². The first-order valence-corrected chi connectivity index (χ1v) is 9.85. The molecule has 4 heterocycles. The molecule has 3 aromatic rings. The van der Waals surface area contributed by atoms with E-state index in [0.717, 1.165) is 25.7 Å². The monoisotopic (exact) mass is 399 g/mol. The van der Waals surface area contributed by atoms with Gasteiger partial charge in [-0.25, -0.2) is 9.18 Å². The lowest BCUT2D eigenvalue weighted by Crippen LogP contribution is -2.62. The van der Waals surface area contributed by atoms with Gasteiger partial charge in [0.25, 0.3) is 5.56 Å². The Hall–Kier alpha value is -2.87. The van der Waals surface area contributed by atoms with Crippen LogP contribution in [0.2, 0.25) is 0 Å². The first kappa shape index (κ1) is 18.2. The van der Waals surface area contributed by atoms with Crippen molar-refractivity contribution < 1.29 is 19.0 Å². The van der Waals surface area contributed by atoms with Crippen molar-refractivity contribution in [3.63, 3.8) is 0 Å². The molecule has 2 saturated heterocycles. The van der Waals surface area contributed by atoms with Crippen LogP contribution in [0.4, 0.5) is 9.18 Å². The summed E-state index contributed by atoms with van der Waals surface area (Å²) in [5, 5.41) is 11.7. The zero-order valence-corrected chi connectivity index (χ0v) is 15.9. The molecule has 0 atom stereocenters. The first-order chi connectivity index (χ1) is 13.9. The SMILES string of the molecule is O=C(O)NC12CCC(CCn3c(=O)c4cccn4c4c(F)cccc43)(CC1)OC2. The van der Waals surface area contributed by atoms with E-state index in [4.69, 9.17) is 9.84 Å². The van der Waals surface area contributed by atoms with Gasteiger partial charge in [-0.05, 0) is 56.4 Å². The molecule has 1 aromatic carbocycles. The zero-order chi connectivity index (χ0) is 20.2. The van der Waals surface area contributed by atoms with Gasteiger partial charge in [-0.2, -0.15) is 0 Å². The predicted molar refractivity (Wildman–Crippen MR) is 105 cm³/mol. The molecular formula is C21H22FN3O4. The number of fused-ring (bicyclic) bond motifs is 6. The molecule has 3 fully saturated rings. The summed E-state index contributed by atoms with van der Waals surface area (Å²) in [4.78, 5) is 24.1. The largest absolute Gasteiger partial charge is 0.465 e. The van der Waals surface area contributed by atoms with Crippen LogP contribution in [-0.2, 0) is 11.3 Å². The van der Waals surface area contributed by atoms with Gasteiger partial charge < -0.3 is 24.1 Å². The van der Waals surface area contributed by atoms with E-state index in [2.05, 4.69) is 5.32 Å². The molecule has 1 amide bonds. The maximum Gasteiger partial charge on any atom is 0.405 e. The van der Waals surface area contributed by atoms with Gasteiger partial charge in [-0.3, -0.25) is 4.79 Å². The van der Waals surface area contributed by atoms with Gasteiger partial charge in [0.1, 0.15) is 16.9 Å². The Bertz CT molecular complexity index is 1160. The van der Waals surface area contributed by atoms with Crippen molar-refractivity contribution in [3.8, 4) is 0 Å². The summed E-state index contributed by atoms with van der Waals surface area (Å²) < 4.78 is 23.9. The maximum absolute atomic E-state index is 14.6. The quantitative estimate of drug-likeness (QED) is 0.706. The number of ether oxygens (including phenoxy) is 1. The van der Waals surface area contributed by atoms with Gasteiger partial charge in [0, 0.05) is 12.7 Å². The molecule has 8 heteroatoms. The second kappa shape index (κ2) is 6.32. The Balaban J connectivity index is 1.46. The number of hydrogen-bond donors (Lipinski definition) is 2. The van der Waals surface area contributed by atoms with Crippen LogP contribution in [0.3, 0.4) is 0 Å². The molecule has 1 saturated carbocycles. The highest BCUT2D eigenvalue weighted by atomic mass is 19.1. The number of nitrogens with one attached hydrogen (secondary N) is 1. The van der Waals surface area contributed by atoms with Gasteiger partial charge in [0.15, 0.2) is 0 Å². The van der Waals surface area contributed by atoms with E-state index >= 15 is 0 Å². The topological polar surface area (TPSA) is 85.0 Å². The molecule has 0 unspecified atom stereocenters. The lowest BCUT2D eigenvalue weighted by atomic mass is 9.70. The molecule has 1 aliphatic carbocycles. The smallest absolute Gasteiger partial charge is 0.405 e. The van der Waals surface area contributed by atoms with Crippen molar-refractivity contribution in [1.29, 1.82) is 0 Å². The van der Waals surface area contributed by atoms with Crippen molar-refractivity contribution >= 4 is 22.6 Å². The number of halogens is 1. The van der Waals surface area contributed by atoms with Crippen LogP contribution >= 0.6 is 0 Å². The number of rotatable bonds is 4. The van der Waals surface area contributed by atoms with E-state index in [0.29, 0.717) is 36.1 Å². The van der Waals surface area contributed by atoms with Crippen LogP contribution in [-0.4, -0.2) is 37.9 Å². The number of hydrogen-bond acceptors (Lipinski definition) is 3. The standard InChI is InChI=1S/C21H22FN3O4/c22-14-3-1-4-15-17(14)24-11-2-5-16(24)18(26)25(15)12-10-21-8-6-20(7-9-21,13-29-21)23-19(27)28/h1-5,11,23H,6-10,12-13H2,(H,27,28). The van der Waals surface area contributed by atoms with E-state index in [-0.39, 0.29) is 17.0 Å². The average molecular weight is 399 g/mol. The molecule has 2 aromatic heterocycles. The summed E-state index contributed by atoms with van der Waals surface area (Å²) in [5.41, 5.74) is 0.377. The molecule has 0 radical (unpaired) electrons. The highest BCUT2D eigenvalue weighted by Gasteiger charge is 2.50. The third-order valence-electron chi connectivity index (χ3n) is 6.65. The minimum absolute atomic E-state index is 0.155. The third kappa shape index (κ3) is 2.81. The normalized spacial score (nSPS) is 26.2. The van der Waals surface area contributed by atoms with Crippen molar-refractivity contribution in [2.24, 2.45) is 0 Å². The van der Waals surface area contributed by atoms with Crippen LogP contribution in [0.15, 0.2) is 41.3 Å². The van der Waals surface area contributed by atoms with Crippen molar-refractivity contribution in [1.82, 2.24) is 14.3 Å². The molecule has 0 spiro atoms. The molecule has 6 rings (SSSR count). The van der Waals surface area contributed by atoms with Crippen LogP contribution < -0.4 is 10.9 Å². The summed E-state index contributed by atoms with van der Waals surface area (Å²) >= 11 is 0. The molecule has 2 N–H and O–H groups in total. The number of aromatic nitrogens is 2. The second-order valence-electron chi connectivity index (χ2n) is 8.26. The predicted octanol–water partition coefficient (Wildman–Crippen LogP) is 3.13. The summed E-state index contributed by atoms with van der Waals surface area (Å²) in [6.45, 7) is 0.765. The number of benzene rings is 1. The number of para-hydroxylation sites is 1. The lowest BCUT2D eigenvalue weighted by Gasteiger charge is -2.53. The Labute approximate surface area is 165 Å². The van der Waals surface area contributed by atoms with Gasteiger partial charge in [0.05, 0.1) is 23.3 Å². The number of carboxylic acid groups (broad SMARTS) is 1. The Kier molecular flexibility index (Phi) is 3.96. The van der Waals surface area contributed by atoms with E-state index in [1.807, 2.05) is 0 Å². The van der Waals surface area contributed by atoms with E-state index < -0.39 is 11.6 Å².